The van der Waals surface area contributed by atoms with Crippen molar-refractivity contribution in [3.8, 4) is 0 Å². The van der Waals surface area contributed by atoms with E-state index in [9.17, 15) is 0 Å². The summed E-state index contributed by atoms with van der Waals surface area (Å²) in [5, 5.41) is 6.59. The van der Waals surface area contributed by atoms with Crippen molar-refractivity contribution in [1.29, 1.82) is 0 Å². The van der Waals surface area contributed by atoms with Crippen LogP contribution in [-0.4, -0.2) is 29.1 Å². The van der Waals surface area contributed by atoms with E-state index in [1.54, 1.807) is 7.05 Å². The van der Waals surface area contributed by atoms with Crippen molar-refractivity contribution in [2.45, 2.75) is 20.4 Å². The van der Waals surface area contributed by atoms with Crippen LogP contribution < -0.4 is 10.6 Å². The maximum absolute atomic E-state index is 4.63. The molecule has 5 nitrogen and oxygen atoms in total. The zero-order chi connectivity index (χ0) is 14.5. The lowest BCUT2D eigenvalue weighted by Gasteiger charge is -2.13. The third-order valence-electron chi connectivity index (χ3n) is 3.20. The standard InChI is InChI=1S/C15H23N5.HI/c1-11(2)9-17-15(16-3)18-10-14-19-12-7-5-6-8-13(12)20(14)4;/h5-8,11H,9-10H2,1-4H3,(H2,16,17,18);1H. The van der Waals surface area contributed by atoms with Crippen LogP contribution in [0.2, 0.25) is 0 Å². The molecule has 0 atom stereocenters. The van der Waals surface area contributed by atoms with Gasteiger partial charge in [0.05, 0.1) is 17.6 Å². The molecule has 0 saturated heterocycles. The van der Waals surface area contributed by atoms with Crippen LogP contribution in [0, 0.1) is 5.92 Å². The van der Waals surface area contributed by atoms with E-state index in [-0.39, 0.29) is 24.0 Å². The first-order valence-electron chi connectivity index (χ1n) is 6.96. The van der Waals surface area contributed by atoms with Crippen LogP contribution in [-0.2, 0) is 13.6 Å². The lowest BCUT2D eigenvalue weighted by Crippen LogP contribution is -2.39. The first-order valence-corrected chi connectivity index (χ1v) is 6.96. The zero-order valence-electron chi connectivity index (χ0n) is 13.1. The van der Waals surface area contributed by atoms with Gasteiger partial charge in [-0.15, -0.1) is 24.0 Å². The summed E-state index contributed by atoms with van der Waals surface area (Å²) in [6.45, 7) is 5.91. The van der Waals surface area contributed by atoms with E-state index in [0.717, 1.165) is 29.4 Å². The van der Waals surface area contributed by atoms with Gasteiger partial charge in [0.15, 0.2) is 5.96 Å². The topological polar surface area (TPSA) is 54.2 Å². The molecule has 2 N–H and O–H groups in total. The number of benzene rings is 1. The number of aryl methyl sites for hydroxylation is 1. The van der Waals surface area contributed by atoms with Crippen molar-refractivity contribution in [1.82, 2.24) is 20.2 Å². The number of fused-ring (bicyclic) bond motifs is 1. The zero-order valence-corrected chi connectivity index (χ0v) is 15.4. The number of imidazole rings is 1. The minimum atomic E-state index is 0. The van der Waals surface area contributed by atoms with E-state index < -0.39 is 0 Å². The van der Waals surface area contributed by atoms with Gasteiger partial charge in [0.2, 0.25) is 0 Å². The Kier molecular flexibility index (Phi) is 6.94. The number of hydrogen-bond acceptors (Lipinski definition) is 2. The second-order valence-corrected chi connectivity index (χ2v) is 5.28. The fraction of sp³-hybridized carbons (Fsp3) is 0.467. The summed E-state index contributed by atoms with van der Waals surface area (Å²) < 4.78 is 2.11. The van der Waals surface area contributed by atoms with E-state index in [2.05, 4.69) is 45.1 Å². The summed E-state index contributed by atoms with van der Waals surface area (Å²) in [6, 6.07) is 8.16. The van der Waals surface area contributed by atoms with E-state index in [1.165, 1.54) is 0 Å². The second kappa shape index (κ2) is 8.21. The molecule has 0 aliphatic carbocycles. The molecule has 116 valence electrons. The van der Waals surface area contributed by atoms with Crippen molar-refractivity contribution in [3.05, 3.63) is 30.1 Å². The molecule has 0 spiro atoms. The summed E-state index contributed by atoms with van der Waals surface area (Å²) in [6.07, 6.45) is 0. The SMILES string of the molecule is CN=C(NCc1nc2ccccc2n1C)NCC(C)C.I. The van der Waals surface area contributed by atoms with E-state index in [4.69, 9.17) is 0 Å². The molecule has 1 heterocycles. The molecule has 0 unspecified atom stereocenters. The van der Waals surface area contributed by atoms with Gasteiger partial charge < -0.3 is 15.2 Å². The highest BCUT2D eigenvalue weighted by Crippen LogP contribution is 2.13. The quantitative estimate of drug-likeness (QED) is 0.470. The Balaban J connectivity index is 0.00000220. The Labute approximate surface area is 143 Å². The minimum Gasteiger partial charge on any atom is -0.356 e. The molecular weight excluding hydrogens is 377 g/mol. The highest BCUT2D eigenvalue weighted by Gasteiger charge is 2.07. The van der Waals surface area contributed by atoms with Gasteiger partial charge >= 0.3 is 0 Å². The number of aromatic nitrogens is 2. The number of nitrogens with zero attached hydrogens (tertiary/aromatic N) is 3. The average Bonchev–Trinajstić information content (AvgIpc) is 2.76. The molecule has 0 aliphatic rings. The molecule has 0 amide bonds. The minimum absolute atomic E-state index is 0. The van der Waals surface area contributed by atoms with Gasteiger partial charge in [-0.1, -0.05) is 26.0 Å². The fourth-order valence-electron chi connectivity index (χ4n) is 2.04. The molecule has 0 fully saturated rings. The van der Waals surface area contributed by atoms with Gasteiger partial charge in [0.25, 0.3) is 0 Å². The van der Waals surface area contributed by atoms with E-state index in [0.29, 0.717) is 12.5 Å². The molecule has 1 aromatic carbocycles. The number of halogens is 1. The predicted molar refractivity (Wildman–Crippen MR) is 99.2 cm³/mol. The van der Waals surface area contributed by atoms with Gasteiger partial charge in [0, 0.05) is 20.6 Å². The van der Waals surface area contributed by atoms with Crippen molar-refractivity contribution in [2.75, 3.05) is 13.6 Å². The van der Waals surface area contributed by atoms with Gasteiger partial charge in [-0.2, -0.15) is 0 Å². The molecule has 0 saturated carbocycles. The highest BCUT2D eigenvalue weighted by atomic mass is 127. The van der Waals surface area contributed by atoms with Crippen molar-refractivity contribution in [3.63, 3.8) is 0 Å². The number of aliphatic imine (C=N–C) groups is 1. The number of para-hydroxylation sites is 2. The third kappa shape index (κ3) is 4.59. The lowest BCUT2D eigenvalue weighted by atomic mass is 10.2. The molecule has 2 rings (SSSR count). The molecule has 0 aliphatic heterocycles. The first kappa shape index (κ1) is 17.7. The molecule has 1 aromatic heterocycles. The lowest BCUT2D eigenvalue weighted by molar-refractivity contribution is 0.612. The number of nitrogens with one attached hydrogen (secondary N) is 2. The van der Waals surface area contributed by atoms with Crippen LogP contribution in [0.4, 0.5) is 0 Å². The highest BCUT2D eigenvalue weighted by molar-refractivity contribution is 14.0. The van der Waals surface area contributed by atoms with E-state index in [1.807, 2.05) is 25.2 Å². The number of hydrogen-bond donors (Lipinski definition) is 2. The van der Waals surface area contributed by atoms with E-state index >= 15 is 0 Å². The Morgan fingerprint density at radius 2 is 2.00 bits per heavy atom. The Morgan fingerprint density at radius 1 is 1.29 bits per heavy atom. The van der Waals surface area contributed by atoms with Crippen molar-refractivity contribution in [2.24, 2.45) is 18.0 Å². The Bertz CT molecular complexity index is 603. The molecule has 21 heavy (non-hydrogen) atoms. The maximum Gasteiger partial charge on any atom is 0.191 e. The largest absolute Gasteiger partial charge is 0.356 e. The van der Waals surface area contributed by atoms with Crippen LogP contribution >= 0.6 is 24.0 Å². The summed E-state index contributed by atoms with van der Waals surface area (Å²) >= 11 is 0. The molecule has 0 radical (unpaired) electrons. The summed E-state index contributed by atoms with van der Waals surface area (Å²) in [5.74, 6) is 2.40. The van der Waals surface area contributed by atoms with Gasteiger partial charge in [-0.05, 0) is 18.1 Å². The van der Waals surface area contributed by atoms with Crippen LogP contribution in [0.25, 0.3) is 11.0 Å². The first-order chi connectivity index (χ1) is 9.61. The van der Waals surface area contributed by atoms with Gasteiger partial charge in [-0.25, -0.2) is 4.98 Å². The molecule has 0 bridgehead atoms. The van der Waals surface area contributed by atoms with Crippen LogP contribution in [0.15, 0.2) is 29.3 Å². The average molecular weight is 401 g/mol. The summed E-state index contributed by atoms with van der Waals surface area (Å²) in [5.41, 5.74) is 2.17. The third-order valence-corrected chi connectivity index (χ3v) is 3.20. The Morgan fingerprint density at radius 3 is 2.62 bits per heavy atom. The molecule has 2 aromatic rings. The van der Waals surface area contributed by atoms with Crippen molar-refractivity contribution >= 4 is 41.0 Å². The fourth-order valence-corrected chi connectivity index (χ4v) is 2.04. The maximum atomic E-state index is 4.63. The van der Waals surface area contributed by atoms with Crippen LogP contribution in [0.1, 0.15) is 19.7 Å². The van der Waals surface area contributed by atoms with Gasteiger partial charge in [-0.3, -0.25) is 4.99 Å². The summed E-state index contributed by atoms with van der Waals surface area (Å²) in [4.78, 5) is 8.85. The molecular formula is C15H24IN5. The monoisotopic (exact) mass is 401 g/mol. The predicted octanol–water partition coefficient (Wildman–Crippen LogP) is 2.51. The summed E-state index contributed by atoms with van der Waals surface area (Å²) in [7, 11) is 3.82. The number of rotatable bonds is 4. The smallest absolute Gasteiger partial charge is 0.191 e. The second-order valence-electron chi connectivity index (χ2n) is 5.28. The molecule has 6 heteroatoms. The van der Waals surface area contributed by atoms with Crippen molar-refractivity contribution < 1.29 is 0 Å². The Hall–Kier alpha value is -1.31. The van der Waals surface area contributed by atoms with Gasteiger partial charge in [0.1, 0.15) is 5.82 Å². The number of guanidine groups is 1. The van der Waals surface area contributed by atoms with Crippen LogP contribution in [0.5, 0.6) is 0 Å². The van der Waals surface area contributed by atoms with Crippen LogP contribution in [0.3, 0.4) is 0 Å². The normalized spacial score (nSPS) is 11.6.